The van der Waals surface area contributed by atoms with Crippen LogP contribution >= 0.6 is 24.0 Å². The number of para-hydroxylation sites is 1. The Kier molecular flexibility index (Phi) is 9.53. The highest BCUT2D eigenvalue weighted by atomic mass is 127. The van der Waals surface area contributed by atoms with Crippen molar-refractivity contribution in [3.05, 3.63) is 30.3 Å². The number of hydrogen-bond donors (Lipinski definition) is 2. The SMILES string of the molecule is CCNC(=NCCCOCC1CC1)NC1CCN(c2ccccc2)C1.I. The molecule has 26 heavy (non-hydrogen) atoms. The van der Waals surface area contributed by atoms with Crippen LogP contribution in [0.1, 0.15) is 32.6 Å². The Morgan fingerprint density at radius 3 is 2.77 bits per heavy atom. The van der Waals surface area contributed by atoms with Gasteiger partial charge in [-0.2, -0.15) is 0 Å². The van der Waals surface area contributed by atoms with Crippen molar-refractivity contribution in [3.8, 4) is 0 Å². The maximum absolute atomic E-state index is 5.68. The number of nitrogens with zero attached hydrogens (tertiary/aromatic N) is 2. The number of halogens is 1. The van der Waals surface area contributed by atoms with Crippen LogP contribution in [-0.2, 0) is 4.74 Å². The van der Waals surface area contributed by atoms with Gasteiger partial charge in [-0.25, -0.2) is 0 Å². The van der Waals surface area contributed by atoms with Crippen LogP contribution in [-0.4, -0.2) is 51.4 Å². The highest BCUT2D eigenvalue weighted by Gasteiger charge is 2.23. The van der Waals surface area contributed by atoms with Crippen molar-refractivity contribution in [2.45, 2.75) is 38.6 Å². The summed E-state index contributed by atoms with van der Waals surface area (Å²) < 4.78 is 5.68. The lowest BCUT2D eigenvalue weighted by Crippen LogP contribution is -2.44. The first-order valence-corrected chi connectivity index (χ1v) is 9.77. The van der Waals surface area contributed by atoms with Gasteiger partial charge in [-0.3, -0.25) is 4.99 Å². The lowest BCUT2D eigenvalue weighted by Gasteiger charge is -2.20. The Morgan fingerprint density at radius 1 is 1.23 bits per heavy atom. The average Bonchev–Trinajstić information content (AvgIpc) is 3.35. The van der Waals surface area contributed by atoms with Gasteiger partial charge in [-0.1, -0.05) is 18.2 Å². The molecule has 1 atom stereocenters. The predicted molar refractivity (Wildman–Crippen MR) is 120 cm³/mol. The van der Waals surface area contributed by atoms with E-state index >= 15 is 0 Å². The van der Waals surface area contributed by atoms with Gasteiger partial charge in [0, 0.05) is 51.1 Å². The van der Waals surface area contributed by atoms with Gasteiger partial charge in [0.25, 0.3) is 0 Å². The second-order valence-electron chi connectivity index (χ2n) is 7.04. The summed E-state index contributed by atoms with van der Waals surface area (Å²) in [6.45, 7) is 7.70. The van der Waals surface area contributed by atoms with Gasteiger partial charge in [0.1, 0.15) is 0 Å². The molecule has 1 aliphatic carbocycles. The van der Waals surface area contributed by atoms with Crippen molar-refractivity contribution < 1.29 is 4.74 Å². The Hall–Kier alpha value is -1.02. The number of ether oxygens (including phenoxy) is 1. The second-order valence-corrected chi connectivity index (χ2v) is 7.04. The van der Waals surface area contributed by atoms with Gasteiger partial charge in [0.2, 0.25) is 0 Å². The third kappa shape index (κ3) is 7.31. The first kappa shape index (κ1) is 21.3. The van der Waals surface area contributed by atoms with Crippen LogP contribution in [0.15, 0.2) is 35.3 Å². The molecule has 1 unspecified atom stereocenters. The molecule has 0 aromatic heterocycles. The van der Waals surface area contributed by atoms with Crippen molar-refractivity contribution >= 4 is 35.6 Å². The van der Waals surface area contributed by atoms with E-state index in [2.05, 4.69) is 52.8 Å². The molecule has 2 aliphatic rings. The van der Waals surface area contributed by atoms with Crippen LogP contribution in [0.2, 0.25) is 0 Å². The fraction of sp³-hybridized carbons (Fsp3) is 0.650. The average molecular weight is 472 g/mol. The van der Waals surface area contributed by atoms with Gasteiger partial charge in [0.15, 0.2) is 5.96 Å². The molecule has 0 radical (unpaired) electrons. The van der Waals surface area contributed by atoms with Gasteiger partial charge in [-0.05, 0) is 50.7 Å². The fourth-order valence-electron chi connectivity index (χ4n) is 3.16. The zero-order valence-corrected chi connectivity index (χ0v) is 18.2. The summed E-state index contributed by atoms with van der Waals surface area (Å²) >= 11 is 0. The summed E-state index contributed by atoms with van der Waals surface area (Å²) in [4.78, 5) is 7.14. The molecule has 1 aromatic carbocycles. The minimum Gasteiger partial charge on any atom is -0.381 e. The molecule has 1 saturated heterocycles. The summed E-state index contributed by atoms with van der Waals surface area (Å²) in [5.74, 6) is 1.78. The molecular weight excluding hydrogens is 439 g/mol. The number of rotatable bonds is 9. The van der Waals surface area contributed by atoms with Gasteiger partial charge in [0.05, 0.1) is 0 Å². The van der Waals surface area contributed by atoms with E-state index in [1.807, 2.05) is 0 Å². The first-order valence-electron chi connectivity index (χ1n) is 9.77. The highest BCUT2D eigenvalue weighted by Crippen LogP contribution is 2.28. The van der Waals surface area contributed by atoms with E-state index in [4.69, 9.17) is 9.73 Å². The zero-order chi connectivity index (χ0) is 17.3. The minimum absolute atomic E-state index is 0. The smallest absolute Gasteiger partial charge is 0.191 e. The van der Waals surface area contributed by atoms with Crippen molar-refractivity contribution in [1.82, 2.24) is 10.6 Å². The molecule has 1 aliphatic heterocycles. The van der Waals surface area contributed by atoms with E-state index in [0.717, 1.165) is 64.1 Å². The molecule has 1 aromatic rings. The highest BCUT2D eigenvalue weighted by molar-refractivity contribution is 14.0. The largest absolute Gasteiger partial charge is 0.381 e. The fourth-order valence-corrected chi connectivity index (χ4v) is 3.16. The Labute approximate surface area is 175 Å². The van der Waals surface area contributed by atoms with Crippen LogP contribution in [0.25, 0.3) is 0 Å². The van der Waals surface area contributed by atoms with Gasteiger partial charge in [-0.15, -0.1) is 24.0 Å². The molecular formula is C20H33IN4O. The van der Waals surface area contributed by atoms with Gasteiger partial charge >= 0.3 is 0 Å². The number of hydrogen-bond acceptors (Lipinski definition) is 3. The normalized spacial score (nSPS) is 20.0. The predicted octanol–water partition coefficient (Wildman–Crippen LogP) is 3.26. The van der Waals surface area contributed by atoms with E-state index in [0.29, 0.717) is 6.04 Å². The van der Waals surface area contributed by atoms with E-state index in [1.54, 1.807) is 0 Å². The zero-order valence-electron chi connectivity index (χ0n) is 15.8. The number of anilines is 1. The molecule has 146 valence electrons. The van der Waals surface area contributed by atoms with Crippen molar-refractivity contribution in [1.29, 1.82) is 0 Å². The van der Waals surface area contributed by atoms with E-state index in [9.17, 15) is 0 Å². The lowest BCUT2D eigenvalue weighted by molar-refractivity contribution is 0.123. The Morgan fingerprint density at radius 2 is 2.04 bits per heavy atom. The molecule has 0 spiro atoms. The maximum atomic E-state index is 5.68. The third-order valence-corrected chi connectivity index (χ3v) is 4.76. The van der Waals surface area contributed by atoms with Crippen molar-refractivity contribution in [3.63, 3.8) is 0 Å². The number of aliphatic imine (C=N–C) groups is 1. The van der Waals surface area contributed by atoms with E-state index in [1.165, 1.54) is 18.5 Å². The van der Waals surface area contributed by atoms with Crippen LogP contribution in [0.3, 0.4) is 0 Å². The summed E-state index contributed by atoms with van der Waals surface area (Å²) in [6.07, 6.45) is 4.84. The molecule has 1 saturated carbocycles. The Bertz CT molecular complexity index is 536. The molecule has 6 heteroatoms. The van der Waals surface area contributed by atoms with Crippen molar-refractivity contribution in [2.75, 3.05) is 44.3 Å². The molecule has 0 amide bonds. The quantitative estimate of drug-likeness (QED) is 0.251. The first-order chi connectivity index (χ1) is 12.3. The standard InChI is InChI=1S/C20H32N4O.HI/c1-2-21-20(22-12-6-14-25-16-17-9-10-17)23-18-11-13-24(15-18)19-7-4-3-5-8-19;/h3-5,7-8,17-18H,2,6,9-16H2,1H3,(H2,21,22,23);1H. The number of benzene rings is 1. The molecule has 2 N–H and O–H groups in total. The number of guanidine groups is 1. The second kappa shape index (κ2) is 11.6. The minimum atomic E-state index is 0. The number of nitrogens with one attached hydrogen (secondary N) is 2. The summed E-state index contributed by atoms with van der Waals surface area (Å²) in [7, 11) is 0. The molecule has 0 bridgehead atoms. The molecule has 1 heterocycles. The summed E-state index contributed by atoms with van der Waals surface area (Å²) in [5, 5.41) is 6.95. The van der Waals surface area contributed by atoms with Crippen molar-refractivity contribution in [2.24, 2.45) is 10.9 Å². The summed E-state index contributed by atoms with van der Waals surface area (Å²) in [6, 6.07) is 11.1. The van der Waals surface area contributed by atoms with E-state index < -0.39 is 0 Å². The Balaban J connectivity index is 0.00000243. The summed E-state index contributed by atoms with van der Waals surface area (Å²) in [5.41, 5.74) is 1.31. The lowest BCUT2D eigenvalue weighted by atomic mass is 10.3. The maximum Gasteiger partial charge on any atom is 0.191 e. The van der Waals surface area contributed by atoms with Gasteiger partial charge < -0.3 is 20.3 Å². The van der Waals surface area contributed by atoms with Crippen LogP contribution in [0.4, 0.5) is 5.69 Å². The topological polar surface area (TPSA) is 48.9 Å². The molecule has 5 nitrogen and oxygen atoms in total. The molecule has 2 fully saturated rings. The monoisotopic (exact) mass is 472 g/mol. The van der Waals surface area contributed by atoms with Crippen LogP contribution in [0, 0.1) is 5.92 Å². The molecule has 3 rings (SSSR count). The third-order valence-electron chi connectivity index (χ3n) is 4.76. The van der Waals surface area contributed by atoms with Crippen LogP contribution in [0.5, 0.6) is 0 Å². The van der Waals surface area contributed by atoms with E-state index in [-0.39, 0.29) is 24.0 Å². The van der Waals surface area contributed by atoms with Crippen LogP contribution < -0.4 is 15.5 Å².